The maximum atomic E-state index is 11.2. The molecule has 0 saturated heterocycles. The van der Waals surface area contributed by atoms with Gasteiger partial charge in [-0.15, -0.1) is 0 Å². The van der Waals surface area contributed by atoms with E-state index in [0.717, 1.165) is 11.3 Å². The standard InChI is InChI=1S/C9H13NOS/c1-2-12(11)7-8-4-3-5-9(10)6-8/h3-6H,2,7,10H2,1H3. The summed E-state index contributed by atoms with van der Waals surface area (Å²) in [5.41, 5.74) is 7.36. The van der Waals surface area contributed by atoms with Gasteiger partial charge in [-0.05, 0) is 17.7 Å². The van der Waals surface area contributed by atoms with E-state index in [4.69, 9.17) is 5.73 Å². The maximum absolute atomic E-state index is 11.2. The Bertz CT molecular complexity index is 286. The summed E-state index contributed by atoms with van der Waals surface area (Å²) in [5.74, 6) is 1.32. The molecule has 0 aliphatic rings. The fourth-order valence-corrected chi connectivity index (χ4v) is 1.73. The van der Waals surface area contributed by atoms with Crippen molar-refractivity contribution in [3.05, 3.63) is 29.8 Å². The van der Waals surface area contributed by atoms with E-state index in [-0.39, 0.29) is 0 Å². The van der Waals surface area contributed by atoms with Crippen molar-refractivity contribution in [1.82, 2.24) is 0 Å². The number of anilines is 1. The van der Waals surface area contributed by atoms with Crippen LogP contribution in [0.5, 0.6) is 0 Å². The second-order valence-electron chi connectivity index (χ2n) is 2.62. The molecule has 0 bridgehead atoms. The van der Waals surface area contributed by atoms with Crippen LogP contribution in [0.3, 0.4) is 0 Å². The molecule has 0 aliphatic carbocycles. The van der Waals surface area contributed by atoms with Crippen LogP contribution in [0.2, 0.25) is 0 Å². The smallest absolute Gasteiger partial charge is 0.0486 e. The maximum Gasteiger partial charge on any atom is 0.0486 e. The van der Waals surface area contributed by atoms with Crippen molar-refractivity contribution in [3.8, 4) is 0 Å². The first-order valence-electron chi connectivity index (χ1n) is 3.91. The molecule has 0 saturated carbocycles. The number of nitrogens with two attached hydrogens (primary N) is 1. The zero-order chi connectivity index (χ0) is 8.97. The van der Waals surface area contributed by atoms with Gasteiger partial charge in [0.1, 0.15) is 0 Å². The van der Waals surface area contributed by atoms with Crippen LogP contribution < -0.4 is 5.73 Å². The zero-order valence-corrected chi connectivity index (χ0v) is 7.93. The van der Waals surface area contributed by atoms with Crippen LogP contribution in [0.15, 0.2) is 24.3 Å². The topological polar surface area (TPSA) is 43.1 Å². The van der Waals surface area contributed by atoms with E-state index < -0.39 is 10.8 Å². The van der Waals surface area contributed by atoms with Crippen LogP contribution in [0, 0.1) is 0 Å². The Morgan fingerprint density at radius 2 is 2.25 bits per heavy atom. The van der Waals surface area contributed by atoms with E-state index in [9.17, 15) is 4.21 Å². The molecule has 1 rings (SSSR count). The molecule has 66 valence electrons. The molecule has 0 aromatic heterocycles. The molecule has 0 spiro atoms. The minimum atomic E-state index is -0.742. The van der Waals surface area contributed by atoms with Gasteiger partial charge in [0, 0.05) is 28.0 Å². The predicted octanol–water partition coefficient (Wildman–Crippen LogP) is 1.54. The average Bonchev–Trinajstić information content (AvgIpc) is 2.04. The predicted molar refractivity (Wildman–Crippen MR) is 53.2 cm³/mol. The van der Waals surface area contributed by atoms with Crippen molar-refractivity contribution in [2.24, 2.45) is 0 Å². The minimum absolute atomic E-state index is 0.613. The number of nitrogen functional groups attached to an aromatic ring is 1. The van der Waals surface area contributed by atoms with E-state index in [1.807, 2.05) is 31.2 Å². The van der Waals surface area contributed by atoms with Crippen LogP contribution in [0.25, 0.3) is 0 Å². The van der Waals surface area contributed by atoms with E-state index in [1.165, 1.54) is 0 Å². The highest BCUT2D eigenvalue weighted by molar-refractivity contribution is 7.84. The molecule has 3 heteroatoms. The van der Waals surface area contributed by atoms with Gasteiger partial charge in [-0.25, -0.2) is 0 Å². The van der Waals surface area contributed by atoms with Crippen molar-refractivity contribution < 1.29 is 4.21 Å². The lowest BCUT2D eigenvalue weighted by molar-refractivity contribution is 0.683. The van der Waals surface area contributed by atoms with Crippen molar-refractivity contribution in [2.45, 2.75) is 12.7 Å². The highest BCUT2D eigenvalue weighted by atomic mass is 32.2. The van der Waals surface area contributed by atoms with Gasteiger partial charge >= 0.3 is 0 Å². The van der Waals surface area contributed by atoms with E-state index in [0.29, 0.717) is 11.5 Å². The van der Waals surface area contributed by atoms with Crippen LogP contribution >= 0.6 is 0 Å². The van der Waals surface area contributed by atoms with Gasteiger partial charge in [0.2, 0.25) is 0 Å². The second-order valence-corrected chi connectivity index (χ2v) is 4.36. The van der Waals surface area contributed by atoms with Gasteiger partial charge in [-0.1, -0.05) is 19.1 Å². The molecule has 0 amide bonds. The molecule has 0 heterocycles. The molecule has 12 heavy (non-hydrogen) atoms. The lowest BCUT2D eigenvalue weighted by Gasteiger charge is -2.00. The first-order chi connectivity index (χ1) is 5.72. The van der Waals surface area contributed by atoms with Gasteiger partial charge in [-0.2, -0.15) is 0 Å². The van der Waals surface area contributed by atoms with Gasteiger partial charge in [0.15, 0.2) is 0 Å². The Labute approximate surface area is 75.2 Å². The molecular formula is C9H13NOS. The Balaban J connectivity index is 2.69. The third kappa shape index (κ3) is 2.66. The van der Waals surface area contributed by atoms with Gasteiger partial charge in [0.25, 0.3) is 0 Å². The van der Waals surface area contributed by atoms with Crippen molar-refractivity contribution in [2.75, 3.05) is 11.5 Å². The molecule has 1 aromatic carbocycles. The van der Waals surface area contributed by atoms with Crippen molar-refractivity contribution in [1.29, 1.82) is 0 Å². The number of hydrogen-bond acceptors (Lipinski definition) is 2. The first-order valence-corrected chi connectivity index (χ1v) is 5.40. The van der Waals surface area contributed by atoms with Crippen molar-refractivity contribution in [3.63, 3.8) is 0 Å². The van der Waals surface area contributed by atoms with Gasteiger partial charge < -0.3 is 5.73 Å². The number of hydrogen-bond donors (Lipinski definition) is 1. The molecule has 1 atom stereocenters. The van der Waals surface area contributed by atoms with E-state index >= 15 is 0 Å². The molecule has 2 N–H and O–H groups in total. The normalized spacial score (nSPS) is 12.8. The molecule has 0 radical (unpaired) electrons. The molecule has 1 unspecified atom stereocenters. The Morgan fingerprint density at radius 3 is 2.83 bits per heavy atom. The lowest BCUT2D eigenvalue weighted by Crippen LogP contribution is -1.98. The molecular weight excluding hydrogens is 170 g/mol. The van der Waals surface area contributed by atoms with E-state index in [1.54, 1.807) is 0 Å². The van der Waals surface area contributed by atoms with Crippen LogP contribution in [0.1, 0.15) is 12.5 Å². The van der Waals surface area contributed by atoms with Crippen LogP contribution in [-0.2, 0) is 16.6 Å². The third-order valence-corrected chi connectivity index (χ3v) is 2.90. The summed E-state index contributed by atoms with van der Waals surface area (Å²) >= 11 is 0. The number of rotatable bonds is 3. The summed E-state index contributed by atoms with van der Waals surface area (Å²) in [4.78, 5) is 0. The largest absolute Gasteiger partial charge is 0.399 e. The zero-order valence-electron chi connectivity index (χ0n) is 7.12. The molecule has 1 aromatic rings. The Kier molecular flexibility index (Phi) is 3.29. The average molecular weight is 183 g/mol. The quantitative estimate of drug-likeness (QED) is 0.722. The van der Waals surface area contributed by atoms with Crippen LogP contribution in [-0.4, -0.2) is 9.96 Å². The number of benzene rings is 1. The summed E-state index contributed by atoms with van der Waals surface area (Å²) in [7, 11) is -0.742. The highest BCUT2D eigenvalue weighted by Gasteiger charge is 1.98. The molecule has 0 fully saturated rings. The summed E-state index contributed by atoms with van der Waals surface area (Å²) < 4.78 is 11.2. The SMILES string of the molecule is CCS(=O)Cc1cccc(N)c1. The van der Waals surface area contributed by atoms with Crippen LogP contribution in [0.4, 0.5) is 5.69 Å². The van der Waals surface area contributed by atoms with Crippen molar-refractivity contribution >= 4 is 16.5 Å². The lowest BCUT2D eigenvalue weighted by atomic mass is 10.2. The minimum Gasteiger partial charge on any atom is -0.399 e. The van der Waals surface area contributed by atoms with Gasteiger partial charge in [-0.3, -0.25) is 4.21 Å². The molecule has 2 nitrogen and oxygen atoms in total. The van der Waals surface area contributed by atoms with E-state index in [2.05, 4.69) is 0 Å². The first kappa shape index (κ1) is 9.26. The summed E-state index contributed by atoms with van der Waals surface area (Å²) in [6, 6.07) is 7.54. The van der Waals surface area contributed by atoms with Gasteiger partial charge in [0.05, 0.1) is 0 Å². The second kappa shape index (κ2) is 4.26. The highest BCUT2D eigenvalue weighted by Crippen LogP contribution is 2.08. The molecule has 0 aliphatic heterocycles. The Morgan fingerprint density at radius 1 is 1.50 bits per heavy atom. The Hall–Kier alpha value is -0.830. The third-order valence-electron chi connectivity index (χ3n) is 1.60. The summed E-state index contributed by atoms with van der Waals surface area (Å²) in [6.45, 7) is 1.92. The fourth-order valence-electron chi connectivity index (χ4n) is 0.971. The summed E-state index contributed by atoms with van der Waals surface area (Å²) in [5, 5.41) is 0. The summed E-state index contributed by atoms with van der Waals surface area (Å²) in [6.07, 6.45) is 0. The fraction of sp³-hybridized carbons (Fsp3) is 0.333. The monoisotopic (exact) mass is 183 g/mol.